The molecular weight excluding hydrogens is 336 g/mol. The van der Waals surface area contributed by atoms with Gasteiger partial charge in [-0.25, -0.2) is 8.78 Å². The topological polar surface area (TPSA) is 46.9 Å². The predicted octanol–water partition coefficient (Wildman–Crippen LogP) is 3.76. The highest BCUT2D eigenvalue weighted by molar-refractivity contribution is 5.94. The molecule has 3 rings (SSSR count). The second kappa shape index (κ2) is 7.47. The van der Waals surface area contributed by atoms with Crippen LogP contribution in [0.2, 0.25) is 0 Å². The molecule has 0 atom stereocenters. The van der Waals surface area contributed by atoms with E-state index in [9.17, 15) is 13.6 Å². The Morgan fingerprint density at radius 2 is 1.92 bits per heavy atom. The minimum Gasteiger partial charge on any atom is -0.345 e. The van der Waals surface area contributed by atoms with Gasteiger partial charge in [-0.15, -0.1) is 0 Å². The average molecular weight is 355 g/mol. The number of amides is 1. The number of carbonyl (C=O) groups excluding carboxylic acids is 1. The van der Waals surface area contributed by atoms with Gasteiger partial charge in [-0.3, -0.25) is 9.78 Å². The van der Waals surface area contributed by atoms with Gasteiger partial charge in [-0.2, -0.15) is 0 Å². The summed E-state index contributed by atoms with van der Waals surface area (Å²) in [5, 5.41) is 2.86. The van der Waals surface area contributed by atoms with E-state index >= 15 is 0 Å². The van der Waals surface area contributed by atoms with Gasteiger partial charge in [-0.1, -0.05) is 12.1 Å². The molecule has 26 heavy (non-hydrogen) atoms. The number of pyridine rings is 1. The Kier molecular flexibility index (Phi) is 5.11. The van der Waals surface area contributed by atoms with Crippen molar-refractivity contribution in [3.05, 3.63) is 88.5 Å². The van der Waals surface area contributed by atoms with Gasteiger partial charge in [0.25, 0.3) is 5.91 Å². The number of carbonyl (C=O) groups is 1. The number of aryl methyl sites for hydroxylation is 2. The molecule has 0 bridgehead atoms. The third-order valence-electron chi connectivity index (χ3n) is 4.19. The van der Waals surface area contributed by atoms with Crippen molar-refractivity contribution in [3.8, 4) is 0 Å². The summed E-state index contributed by atoms with van der Waals surface area (Å²) >= 11 is 0. The maximum absolute atomic E-state index is 13.5. The molecule has 1 N–H and O–H groups in total. The summed E-state index contributed by atoms with van der Waals surface area (Å²) in [6, 6.07) is 11.2. The normalized spacial score (nSPS) is 10.8. The van der Waals surface area contributed by atoms with Crippen LogP contribution in [0.25, 0.3) is 0 Å². The number of hydrogen-bond donors (Lipinski definition) is 1. The Balaban J connectivity index is 1.83. The van der Waals surface area contributed by atoms with E-state index in [1.54, 1.807) is 10.8 Å². The molecule has 1 amide bonds. The second-order valence-electron chi connectivity index (χ2n) is 6.16. The van der Waals surface area contributed by atoms with Gasteiger partial charge in [-0.05, 0) is 55.3 Å². The fourth-order valence-corrected chi connectivity index (χ4v) is 2.93. The Bertz CT molecular complexity index is 936. The van der Waals surface area contributed by atoms with Crippen molar-refractivity contribution < 1.29 is 13.6 Å². The number of rotatable bonds is 5. The zero-order chi connectivity index (χ0) is 18.7. The molecule has 134 valence electrons. The summed E-state index contributed by atoms with van der Waals surface area (Å²) in [6.07, 6.45) is 1.67. The highest BCUT2D eigenvalue weighted by Crippen LogP contribution is 2.18. The van der Waals surface area contributed by atoms with E-state index in [-0.39, 0.29) is 12.5 Å². The second-order valence-corrected chi connectivity index (χ2v) is 6.16. The summed E-state index contributed by atoms with van der Waals surface area (Å²) in [4.78, 5) is 16.9. The Morgan fingerprint density at radius 3 is 2.62 bits per heavy atom. The average Bonchev–Trinajstić information content (AvgIpc) is 2.90. The third kappa shape index (κ3) is 3.79. The molecule has 6 heteroatoms. The van der Waals surface area contributed by atoms with Crippen LogP contribution in [0, 0.1) is 25.5 Å². The summed E-state index contributed by atoms with van der Waals surface area (Å²) in [6.45, 7) is 4.32. The molecule has 1 aromatic carbocycles. The number of hydrogen-bond acceptors (Lipinski definition) is 2. The van der Waals surface area contributed by atoms with Crippen molar-refractivity contribution in [2.75, 3.05) is 0 Å². The zero-order valence-corrected chi connectivity index (χ0v) is 14.6. The molecule has 3 aromatic rings. The lowest BCUT2D eigenvalue weighted by molar-refractivity contribution is 0.0940. The Morgan fingerprint density at radius 1 is 1.12 bits per heavy atom. The van der Waals surface area contributed by atoms with E-state index < -0.39 is 11.6 Å². The van der Waals surface area contributed by atoms with Crippen LogP contribution in [0.1, 0.15) is 33.0 Å². The minimum atomic E-state index is -0.898. The minimum absolute atomic E-state index is 0.233. The van der Waals surface area contributed by atoms with Crippen molar-refractivity contribution in [2.24, 2.45) is 0 Å². The molecule has 0 aliphatic carbocycles. The van der Waals surface area contributed by atoms with E-state index in [1.807, 2.05) is 38.1 Å². The standard InChI is InChI=1S/C20H19F2N3O/c1-13-9-14(2)25(12-15-6-7-17(21)18(22)10-15)19(13)20(26)24-11-16-5-3-4-8-23-16/h3-10H,11-12H2,1-2H3,(H,24,26). The van der Waals surface area contributed by atoms with E-state index in [1.165, 1.54) is 6.07 Å². The zero-order valence-electron chi connectivity index (χ0n) is 14.6. The van der Waals surface area contributed by atoms with Crippen LogP contribution in [-0.2, 0) is 13.1 Å². The van der Waals surface area contributed by atoms with E-state index in [2.05, 4.69) is 10.3 Å². The molecule has 0 saturated carbocycles. The molecule has 0 radical (unpaired) electrons. The maximum Gasteiger partial charge on any atom is 0.268 e. The van der Waals surface area contributed by atoms with Crippen molar-refractivity contribution in [2.45, 2.75) is 26.9 Å². The van der Waals surface area contributed by atoms with Crippen LogP contribution in [0.15, 0.2) is 48.7 Å². The van der Waals surface area contributed by atoms with Crippen molar-refractivity contribution in [3.63, 3.8) is 0 Å². The van der Waals surface area contributed by atoms with Crippen LogP contribution in [-0.4, -0.2) is 15.5 Å². The summed E-state index contributed by atoms with van der Waals surface area (Å²) in [7, 11) is 0. The van der Waals surface area contributed by atoms with Crippen LogP contribution >= 0.6 is 0 Å². The van der Waals surface area contributed by atoms with Crippen LogP contribution in [0.4, 0.5) is 8.78 Å². The molecule has 0 spiro atoms. The quantitative estimate of drug-likeness (QED) is 0.758. The number of nitrogens with one attached hydrogen (secondary N) is 1. The lowest BCUT2D eigenvalue weighted by atomic mass is 10.2. The highest BCUT2D eigenvalue weighted by Gasteiger charge is 2.18. The SMILES string of the molecule is Cc1cc(C)n(Cc2ccc(F)c(F)c2)c1C(=O)NCc1ccccn1. The van der Waals surface area contributed by atoms with E-state index in [0.717, 1.165) is 29.1 Å². The van der Waals surface area contributed by atoms with Crippen molar-refractivity contribution in [1.82, 2.24) is 14.9 Å². The highest BCUT2D eigenvalue weighted by atomic mass is 19.2. The number of nitrogens with zero attached hydrogens (tertiary/aromatic N) is 2. The Labute approximate surface area is 150 Å². The number of halogens is 2. The van der Waals surface area contributed by atoms with E-state index in [4.69, 9.17) is 0 Å². The first kappa shape index (κ1) is 17.8. The van der Waals surface area contributed by atoms with Gasteiger partial charge in [0, 0.05) is 18.4 Å². The summed E-state index contributed by atoms with van der Waals surface area (Å²) in [5.41, 5.74) is 3.54. The molecule has 0 saturated heterocycles. The first-order valence-electron chi connectivity index (χ1n) is 8.24. The molecule has 4 nitrogen and oxygen atoms in total. The predicted molar refractivity (Wildman–Crippen MR) is 94.8 cm³/mol. The van der Waals surface area contributed by atoms with Gasteiger partial charge in [0.05, 0.1) is 12.2 Å². The molecule has 0 fully saturated rings. The molecule has 2 aromatic heterocycles. The van der Waals surface area contributed by atoms with Crippen molar-refractivity contribution in [1.29, 1.82) is 0 Å². The van der Waals surface area contributed by atoms with Crippen molar-refractivity contribution >= 4 is 5.91 Å². The van der Waals surface area contributed by atoms with Crippen LogP contribution < -0.4 is 5.32 Å². The van der Waals surface area contributed by atoms with Gasteiger partial charge in [0.2, 0.25) is 0 Å². The van der Waals surface area contributed by atoms with E-state index in [0.29, 0.717) is 17.8 Å². The maximum atomic E-state index is 13.5. The van der Waals surface area contributed by atoms with Crippen LogP contribution in [0.3, 0.4) is 0 Å². The first-order valence-corrected chi connectivity index (χ1v) is 8.24. The number of aromatic nitrogens is 2. The molecule has 2 heterocycles. The lowest BCUT2D eigenvalue weighted by Gasteiger charge is -2.13. The summed E-state index contributed by atoms with van der Waals surface area (Å²) < 4.78 is 28.4. The van der Waals surface area contributed by atoms with Gasteiger partial charge >= 0.3 is 0 Å². The third-order valence-corrected chi connectivity index (χ3v) is 4.19. The molecular formula is C20H19F2N3O. The van der Waals surface area contributed by atoms with Gasteiger partial charge < -0.3 is 9.88 Å². The summed E-state index contributed by atoms with van der Waals surface area (Å²) in [5.74, 6) is -2.02. The lowest BCUT2D eigenvalue weighted by Crippen LogP contribution is -2.27. The van der Waals surface area contributed by atoms with Gasteiger partial charge in [0.1, 0.15) is 5.69 Å². The Hall–Kier alpha value is -3.02. The fraction of sp³-hybridized carbons (Fsp3) is 0.200. The monoisotopic (exact) mass is 355 g/mol. The largest absolute Gasteiger partial charge is 0.345 e. The van der Waals surface area contributed by atoms with Crippen LogP contribution in [0.5, 0.6) is 0 Å². The first-order chi connectivity index (χ1) is 12.5. The molecule has 0 aliphatic rings. The molecule has 0 aliphatic heterocycles. The number of benzene rings is 1. The smallest absolute Gasteiger partial charge is 0.268 e. The fourth-order valence-electron chi connectivity index (χ4n) is 2.93. The molecule has 0 unspecified atom stereocenters. The van der Waals surface area contributed by atoms with Gasteiger partial charge in [0.15, 0.2) is 11.6 Å².